The molecule has 0 saturated carbocycles. The SMILES string of the molecule is Cc1ccc(CN(C)S(=O)(=O)c2ccnc(Cl)c2)cc1. The van der Waals surface area contributed by atoms with Crippen molar-refractivity contribution >= 4 is 21.6 Å². The van der Waals surface area contributed by atoms with Crippen LogP contribution in [0.15, 0.2) is 47.5 Å². The molecule has 0 saturated heterocycles. The zero-order chi connectivity index (χ0) is 14.8. The zero-order valence-electron chi connectivity index (χ0n) is 11.2. The molecule has 0 N–H and O–H groups in total. The quantitative estimate of drug-likeness (QED) is 0.816. The van der Waals surface area contributed by atoms with E-state index >= 15 is 0 Å². The first kappa shape index (κ1) is 15.0. The van der Waals surface area contributed by atoms with Gasteiger partial charge in [0.25, 0.3) is 0 Å². The summed E-state index contributed by atoms with van der Waals surface area (Å²) in [4.78, 5) is 3.93. The molecule has 0 aliphatic rings. The molecule has 1 aromatic carbocycles. The van der Waals surface area contributed by atoms with Crippen molar-refractivity contribution in [3.8, 4) is 0 Å². The van der Waals surface area contributed by atoms with Crippen molar-refractivity contribution in [2.75, 3.05) is 7.05 Å². The van der Waals surface area contributed by atoms with Crippen molar-refractivity contribution in [3.05, 3.63) is 58.9 Å². The molecule has 0 aliphatic heterocycles. The lowest BCUT2D eigenvalue weighted by molar-refractivity contribution is 0.466. The van der Waals surface area contributed by atoms with E-state index < -0.39 is 10.0 Å². The van der Waals surface area contributed by atoms with Crippen LogP contribution in [0.4, 0.5) is 0 Å². The van der Waals surface area contributed by atoms with Crippen LogP contribution in [0.25, 0.3) is 0 Å². The minimum Gasteiger partial charge on any atom is -0.244 e. The number of hydrogen-bond donors (Lipinski definition) is 0. The van der Waals surface area contributed by atoms with Crippen LogP contribution in [-0.2, 0) is 16.6 Å². The largest absolute Gasteiger partial charge is 0.244 e. The summed E-state index contributed by atoms with van der Waals surface area (Å²) in [5, 5.41) is 0.162. The second kappa shape index (κ2) is 5.91. The fourth-order valence-corrected chi connectivity index (χ4v) is 3.17. The molecule has 0 spiro atoms. The Morgan fingerprint density at radius 3 is 2.45 bits per heavy atom. The maximum atomic E-state index is 12.4. The summed E-state index contributed by atoms with van der Waals surface area (Å²) in [6.45, 7) is 2.30. The van der Waals surface area contributed by atoms with Crippen molar-refractivity contribution < 1.29 is 8.42 Å². The van der Waals surface area contributed by atoms with Crippen LogP contribution in [0.1, 0.15) is 11.1 Å². The van der Waals surface area contributed by atoms with Crippen LogP contribution in [0, 0.1) is 6.92 Å². The molecule has 0 atom stereocenters. The van der Waals surface area contributed by atoms with Gasteiger partial charge in [0.15, 0.2) is 0 Å². The Balaban J connectivity index is 2.23. The van der Waals surface area contributed by atoms with Gasteiger partial charge in [-0.05, 0) is 24.6 Å². The van der Waals surface area contributed by atoms with Gasteiger partial charge >= 0.3 is 0 Å². The molecule has 0 radical (unpaired) electrons. The van der Waals surface area contributed by atoms with Gasteiger partial charge in [-0.15, -0.1) is 0 Å². The van der Waals surface area contributed by atoms with Gasteiger partial charge in [-0.2, -0.15) is 4.31 Å². The van der Waals surface area contributed by atoms with Crippen molar-refractivity contribution in [1.82, 2.24) is 9.29 Å². The van der Waals surface area contributed by atoms with Crippen LogP contribution in [0.5, 0.6) is 0 Å². The number of halogens is 1. The van der Waals surface area contributed by atoms with Gasteiger partial charge < -0.3 is 0 Å². The van der Waals surface area contributed by atoms with E-state index in [1.54, 1.807) is 7.05 Å². The van der Waals surface area contributed by atoms with E-state index in [1.165, 1.54) is 22.6 Å². The predicted octanol–water partition coefficient (Wildman–Crippen LogP) is 2.86. The van der Waals surface area contributed by atoms with Gasteiger partial charge in [0, 0.05) is 19.8 Å². The topological polar surface area (TPSA) is 50.3 Å². The summed E-state index contributed by atoms with van der Waals surface area (Å²) >= 11 is 5.74. The molecular formula is C14H15ClN2O2S. The molecular weight excluding hydrogens is 296 g/mol. The second-order valence-corrected chi connectivity index (χ2v) is 6.99. The van der Waals surface area contributed by atoms with Crippen LogP contribution in [0.3, 0.4) is 0 Å². The first-order chi connectivity index (χ1) is 9.39. The monoisotopic (exact) mass is 310 g/mol. The Kier molecular flexibility index (Phi) is 4.42. The number of sulfonamides is 1. The van der Waals surface area contributed by atoms with Crippen LogP contribution < -0.4 is 0 Å². The number of hydrogen-bond acceptors (Lipinski definition) is 3. The molecule has 2 rings (SSSR count). The molecule has 0 bridgehead atoms. The van der Waals surface area contributed by atoms with Crippen LogP contribution >= 0.6 is 11.6 Å². The molecule has 0 fully saturated rings. The Morgan fingerprint density at radius 2 is 1.85 bits per heavy atom. The average molecular weight is 311 g/mol. The number of aryl methyl sites for hydroxylation is 1. The highest BCUT2D eigenvalue weighted by Gasteiger charge is 2.21. The summed E-state index contributed by atoms with van der Waals surface area (Å²) in [5.41, 5.74) is 2.07. The lowest BCUT2D eigenvalue weighted by atomic mass is 10.1. The maximum absolute atomic E-state index is 12.4. The standard InChI is InChI=1S/C14H15ClN2O2S/c1-11-3-5-12(6-4-11)10-17(2)20(18,19)13-7-8-16-14(15)9-13/h3-9H,10H2,1-2H3. The van der Waals surface area contributed by atoms with E-state index in [2.05, 4.69) is 4.98 Å². The molecule has 1 heterocycles. The first-order valence-corrected chi connectivity index (χ1v) is 7.85. The fourth-order valence-electron chi connectivity index (χ4n) is 1.76. The first-order valence-electron chi connectivity index (χ1n) is 6.03. The number of aromatic nitrogens is 1. The Hall–Kier alpha value is -1.43. The Labute approximate surface area is 124 Å². The Morgan fingerprint density at radius 1 is 1.20 bits per heavy atom. The molecule has 0 aliphatic carbocycles. The van der Waals surface area contributed by atoms with Gasteiger partial charge in [0.05, 0.1) is 4.90 Å². The van der Waals surface area contributed by atoms with Gasteiger partial charge in [0.1, 0.15) is 5.15 Å². The highest BCUT2D eigenvalue weighted by Crippen LogP contribution is 2.18. The van der Waals surface area contributed by atoms with Crippen molar-refractivity contribution in [3.63, 3.8) is 0 Å². The number of rotatable bonds is 4. The second-order valence-electron chi connectivity index (χ2n) is 4.56. The summed E-state index contributed by atoms with van der Waals surface area (Å²) in [7, 11) is -2.02. The summed E-state index contributed by atoms with van der Waals surface area (Å²) in [6, 6.07) is 10.5. The number of pyridine rings is 1. The molecule has 6 heteroatoms. The van der Waals surface area contributed by atoms with E-state index in [4.69, 9.17) is 11.6 Å². The maximum Gasteiger partial charge on any atom is 0.243 e. The molecule has 4 nitrogen and oxygen atoms in total. The van der Waals surface area contributed by atoms with Crippen LogP contribution in [-0.4, -0.2) is 24.8 Å². The number of benzene rings is 1. The van der Waals surface area contributed by atoms with Crippen LogP contribution in [0.2, 0.25) is 5.15 Å². The molecule has 0 unspecified atom stereocenters. The highest BCUT2D eigenvalue weighted by atomic mass is 35.5. The van der Waals surface area contributed by atoms with E-state index in [0.717, 1.165) is 11.1 Å². The van der Waals surface area contributed by atoms with E-state index in [0.29, 0.717) is 6.54 Å². The van der Waals surface area contributed by atoms with Gasteiger partial charge in [-0.1, -0.05) is 41.4 Å². The van der Waals surface area contributed by atoms with E-state index in [-0.39, 0.29) is 10.0 Å². The lowest BCUT2D eigenvalue weighted by Crippen LogP contribution is -2.26. The minimum atomic E-state index is -3.56. The smallest absolute Gasteiger partial charge is 0.243 e. The molecule has 0 amide bonds. The summed E-state index contributed by atoms with van der Waals surface area (Å²) in [5.74, 6) is 0. The highest BCUT2D eigenvalue weighted by molar-refractivity contribution is 7.89. The third-order valence-electron chi connectivity index (χ3n) is 2.93. The third kappa shape index (κ3) is 3.36. The zero-order valence-corrected chi connectivity index (χ0v) is 12.8. The summed E-state index contributed by atoms with van der Waals surface area (Å²) < 4.78 is 26.1. The lowest BCUT2D eigenvalue weighted by Gasteiger charge is -2.17. The van der Waals surface area contributed by atoms with Crippen molar-refractivity contribution in [1.29, 1.82) is 0 Å². The molecule has 1 aromatic heterocycles. The third-order valence-corrected chi connectivity index (χ3v) is 4.94. The normalized spacial score (nSPS) is 11.8. The molecule has 106 valence electrons. The van der Waals surface area contributed by atoms with Crippen molar-refractivity contribution in [2.24, 2.45) is 0 Å². The van der Waals surface area contributed by atoms with Crippen molar-refractivity contribution in [2.45, 2.75) is 18.4 Å². The molecule has 20 heavy (non-hydrogen) atoms. The summed E-state index contributed by atoms with van der Waals surface area (Å²) in [6.07, 6.45) is 1.38. The van der Waals surface area contributed by atoms with E-state index in [9.17, 15) is 8.42 Å². The molecule has 2 aromatic rings. The van der Waals surface area contributed by atoms with Gasteiger partial charge in [0.2, 0.25) is 10.0 Å². The van der Waals surface area contributed by atoms with E-state index in [1.807, 2.05) is 31.2 Å². The fraction of sp³-hybridized carbons (Fsp3) is 0.214. The Bertz CT molecular complexity index is 699. The van der Waals surface area contributed by atoms with Gasteiger partial charge in [-0.3, -0.25) is 0 Å². The predicted molar refractivity (Wildman–Crippen MR) is 79.1 cm³/mol. The minimum absolute atomic E-state index is 0.145. The number of nitrogens with zero attached hydrogens (tertiary/aromatic N) is 2. The average Bonchev–Trinajstić information content (AvgIpc) is 2.41. The van der Waals surface area contributed by atoms with Gasteiger partial charge in [-0.25, -0.2) is 13.4 Å².